The van der Waals surface area contributed by atoms with Gasteiger partial charge in [0.05, 0.1) is 13.5 Å². The molecule has 1 rings (SSSR count). The fourth-order valence-electron chi connectivity index (χ4n) is 1.69. The predicted octanol–water partition coefficient (Wildman–Crippen LogP) is 1.22. The van der Waals surface area contributed by atoms with Gasteiger partial charge >= 0.3 is 0 Å². The van der Waals surface area contributed by atoms with Crippen molar-refractivity contribution in [3.63, 3.8) is 0 Å². The summed E-state index contributed by atoms with van der Waals surface area (Å²) in [5.41, 5.74) is 2.07. The Morgan fingerprint density at radius 3 is 2.78 bits per heavy atom. The fourth-order valence-corrected chi connectivity index (χ4v) is 1.69. The highest BCUT2D eigenvalue weighted by Crippen LogP contribution is 2.19. The van der Waals surface area contributed by atoms with E-state index in [9.17, 15) is 4.79 Å². The normalized spacial score (nSPS) is 10.2. The van der Waals surface area contributed by atoms with Gasteiger partial charge in [-0.15, -0.1) is 0 Å². The summed E-state index contributed by atoms with van der Waals surface area (Å²) < 4.78 is 5.26. The van der Waals surface area contributed by atoms with Crippen molar-refractivity contribution in [2.45, 2.75) is 13.3 Å². The zero-order valence-corrected chi connectivity index (χ0v) is 11.6. The van der Waals surface area contributed by atoms with Crippen LogP contribution in [0.4, 0.5) is 0 Å². The number of benzene rings is 1. The number of nitrogens with one attached hydrogen (secondary N) is 1. The molecule has 0 radical (unpaired) electrons. The molecule has 0 aromatic heterocycles. The Labute approximate surface area is 109 Å². The van der Waals surface area contributed by atoms with E-state index in [0.717, 1.165) is 30.0 Å². The maximum Gasteiger partial charge on any atom is 0.226 e. The Kier molecular flexibility index (Phi) is 5.65. The Bertz CT molecular complexity index is 405. The molecule has 4 heteroatoms. The molecular weight excluding hydrogens is 228 g/mol. The highest BCUT2D eigenvalue weighted by Gasteiger charge is 2.10. The Morgan fingerprint density at radius 2 is 2.17 bits per heavy atom. The van der Waals surface area contributed by atoms with E-state index in [0.29, 0.717) is 6.42 Å². The molecule has 0 atom stereocenters. The van der Waals surface area contributed by atoms with Crippen LogP contribution in [0.5, 0.6) is 5.75 Å². The first-order chi connectivity index (χ1) is 8.58. The van der Waals surface area contributed by atoms with Gasteiger partial charge in [-0.25, -0.2) is 0 Å². The zero-order chi connectivity index (χ0) is 13.5. The van der Waals surface area contributed by atoms with Crippen molar-refractivity contribution in [3.05, 3.63) is 29.3 Å². The van der Waals surface area contributed by atoms with E-state index in [-0.39, 0.29) is 5.91 Å². The van der Waals surface area contributed by atoms with E-state index in [1.807, 2.05) is 39.2 Å². The number of nitrogens with zero attached hydrogens (tertiary/aromatic N) is 1. The highest BCUT2D eigenvalue weighted by atomic mass is 16.5. The molecule has 0 saturated carbocycles. The summed E-state index contributed by atoms with van der Waals surface area (Å²) in [5.74, 6) is 0.953. The zero-order valence-electron chi connectivity index (χ0n) is 11.6. The van der Waals surface area contributed by atoms with Gasteiger partial charge in [-0.1, -0.05) is 12.1 Å². The number of carbonyl (C=O) groups is 1. The van der Waals surface area contributed by atoms with Gasteiger partial charge < -0.3 is 15.0 Å². The lowest BCUT2D eigenvalue weighted by Crippen LogP contribution is -2.33. The Hall–Kier alpha value is -1.55. The van der Waals surface area contributed by atoms with Crippen molar-refractivity contribution < 1.29 is 9.53 Å². The van der Waals surface area contributed by atoms with E-state index in [4.69, 9.17) is 4.74 Å². The van der Waals surface area contributed by atoms with Crippen molar-refractivity contribution >= 4 is 5.91 Å². The lowest BCUT2D eigenvalue weighted by Gasteiger charge is -2.17. The van der Waals surface area contributed by atoms with Crippen molar-refractivity contribution in [1.82, 2.24) is 10.2 Å². The van der Waals surface area contributed by atoms with Crippen LogP contribution in [0, 0.1) is 6.92 Å². The summed E-state index contributed by atoms with van der Waals surface area (Å²) in [5, 5.41) is 3.03. The van der Waals surface area contributed by atoms with E-state index in [1.165, 1.54) is 0 Å². The number of amides is 1. The second-order valence-corrected chi connectivity index (χ2v) is 4.40. The maximum absolute atomic E-state index is 12.0. The second-order valence-electron chi connectivity index (χ2n) is 4.40. The van der Waals surface area contributed by atoms with Crippen LogP contribution >= 0.6 is 0 Å². The van der Waals surface area contributed by atoms with Crippen molar-refractivity contribution in [2.75, 3.05) is 34.3 Å². The molecule has 100 valence electrons. The van der Waals surface area contributed by atoms with Crippen LogP contribution in [0.25, 0.3) is 0 Å². The van der Waals surface area contributed by atoms with E-state index in [2.05, 4.69) is 5.32 Å². The lowest BCUT2D eigenvalue weighted by atomic mass is 10.1. The second kappa shape index (κ2) is 7.01. The molecule has 1 N–H and O–H groups in total. The van der Waals surface area contributed by atoms with E-state index in [1.54, 1.807) is 12.0 Å². The number of rotatable bonds is 6. The summed E-state index contributed by atoms with van der Waals surface area (Å²) in [6.45, 7) is 3.52. The quantitative estimate of drug-likeness (QED) is 0.825. The van der Waals surface area contributed by atoms with Gasteiger partial charge in [0.2, 0.25) is 5.91 Å². The topological polar surface area (TPSA) is 41.6 Å². The monoisotopic (exact) mass is 250 g/mol. The molecule has 1 amide bonds. The van der Waals surface area contributed by atoms with Gasteiger partial charge in [0.1, 0.15) is 5.75 Å². The number of methoxy groups -OCH3 is 1. The molecule has 0 heterocycles. The first kappa shape index (κ1) is 14.5. The molecule has 0 aliphatic heterocycles. The summed E-state index contributed by atoms with van der Waals surface area (Å²) >= 11 is 0. The molecule has 0 unspecified atom stereocenters. The molecule has 1 aromatic rings. The van der Waals surface area contributed by atoms with Crippen LogP contribution in [0.15, 0.2) is 18.2 Å². The fraction of sp³-hybridized carbons (Fsp3) is 0.500. The largest absolute Gasteiger partial charge is 0.496 e. The molecule has 0 spiro atoms. The molecule has 0 aliphatic rings. The van der Waals surface area contributed by atoms with Gasteiger partial charge in [-0.05, 0) is 31.2 Å². The third-order valence-corrected chi connectivity index (χ3v) is 2.95. The number of ether oxygens (including phenoxy) is 1. The average molecular weight is 250 g/mol. The third-order valence-electron chi connectivity index (χ3n) is 2.95. The minimum Gasteiger partial charge on any atom is -0.496 e. The molecule has 0 aliphatic carbocycles. The summed E-state index contributed by atoms with van der Waals surface area (Å²) in [6.07, 6.45) is 0.414. The average Bonchev–Trinajstić information content (AvgIpc) is 2.37. The van der Waals surface area contributed by atoms with Gasteiger partial charge in [-0.3, -0.25) is 4.79 Å². The minimum absolute atomic E-state index is 0.121. The molecule has 1 aromatic carbocycles. The number of hydrogen-bond acceptors (Lipinski definition) is 3. The molecule has 0 bridgehead atoms. The summed E-state index contributed by atoms with van der Waals surface area (Å²) in [7, 11) is 5.35. The molecular formula is C14H22N2O2. The first-order valence-corrected chi connectivity index (χ1v) is 6.10. The minimum atomic E-state index is 0.121. The first-order valence-electron chi connectivity index (χ1n) is 6.10. The Morgan fingerprint density at radius 1 is 1.44 bits per heavy atom. The molecule has 18 heavy (non-hydrogen) atoms. The SMILES string of the molecule is CNCCN(C)C(=O)Cc1ccc(C)c(OC)c1. The molecule has 0 saturated heterocycles. The number of aryl methyl sites for hydroxylation is 1. The Balaban J connectivity index is 2.64. The van der Waals surface area contributed by atoms with Crippen molar-refractivity contribution in [1.29, 1.82) is 0 Å². The number of carbonyl (C=O) groups excluding carboxylic acids is 1. The lowest BCUT2D eigenvalue weighted by molar-refractivity contribution is -0.129. The van der Waals surface area contributed by atoms with Crippen LogP contribution in [0.2, 0.25) is 0 Å². The van der Waals surface area contributed by atoms with Crippen LogP contribution in [-0.4, -0.2) is 45.1 Å². The molecule has 4 nitrogen and oxygen atoms in total. The number of hydrogen-bond donors (Lipinski definition) is 1. The van der Waals surface area contributed by atoms with E-state index < -0.39 is 0 Å². The predicted molar refractivity (Wildman–Crippen MR) is 73.0 cm³/mol. The number of likely N-dealkylation sites (N-methyl/N-ethyl adjacent to an activating group) is 2. The molecule has 0 fully saturated rings. The van der Waals surface area contributed by atoms with Gasteiger partial charge in [0, 0.05) is 20.1 Å². The summed E-state index contributed by atoms with van der Waals surface area (Å²) in [4.78, 5) is 13.7. The van der Waals surface area contributed by atoms with Crippen LogP contribution in [-0.2, 0) is 11.2 Å². The van der Waals surface area contributed by atoms with Crippen LogP contribution < -0.4 is 10.1 Å². The van der Waals surface area contributed by atoms with Gasteiger partial charge in [-0.2, -0.15) is 0 Å². The standard InChI is InChI=1S/C14H22N2O2/c1-11-5-6-12(9-13(11)18-4)10-14(17)16(3)8-7-15-2/h5-6,9,15H,7-8,10H2,1-4H3. The highest BCUT2D eigenvalue weighted by molar-refractivity contribution is 5.78. The third kappa shape index (κ3) is 4.04. The smallest absolute Gasteiger partial charge is 0.226 e. The van der Waals surface area contributed by atoms with Crippen LogP contribution in [0.1, 0.15) is 11.1 Å². The maximum atomic E-state index is 12.0. The van der Waals surface area contributed by atoms with Crippen molar-refractivity contribution in [3.8, 4) is 5.75 Å². The van der Waals surface area contributed by atoms with Gasteiger partial charge in [0.15, 0.2) is 0 Å². The van der Waals surface area contributed by atoms with Crippen LogP contribution in [0.3, 0.4) is 0 Å². The summed E-state index contributed by atoms with van der Waals surface area (Å²) in [6, 6.07) is 5.88. The van der Waals surface area contributed by atoms with Gasteiger partial charge in [0.25, 0.3) is 0 Å². The van der Waals surface area contributed by atoms with Crippen molar-refractivity contribution in [2.24, 2.45) is 0 Å². The van der Waals surface area contributed by atoms with E-state index >= 15 is 0 Å².